The van der Waals surface area contributed by atoms with E-state index in [2.05, 4.69) is 26.0 Å². The fourth-order valence-corrected chi connectivity index (χ4v) is 1.38. The molecule has 0 atom stereocenters. The van der Waals surface area contributed by atoms with Gasteiger partial charge in [-0.2, -0.15) is 0 Å². The standard InChI is InChI=1S/C10H16/c1-3-5-10-7-6-9(4-2)8-10/h6,8H,3-5,7H2,1-2H3. The Hall–Kier alpha value is -0.520. The molecule has 0 aromatic carbocycles. The first kappa shape index (κ1) is 7.59. The third kappa shape index (κ3) is 1.73. The molecule has 0 radical (unpaired) electrons. The summed E-state index contributed by atoms with van der Waals surface area (Å²) in [6.07, 6.45) is 9.72. The van der Waals surface area contributed by atoms with Crippen LogP contribution in [0.25, 0.3) is 0 Å². The molecule has 0 heterocycles. The van der Waals surface area contributed by atoms with Gasteiger partial charge in [0.2, 0.25) is 0 Å². The molecular weight excluding hydrogens is 120 g/mol. The molecule has 0 amide bonds. The van der Waals surface area contributed by atoms with E-state index in [1.807, 2.05) is 0 Å². The van der Waals surface area contributed by atoms with E-state index in [-0.39, 0.29) is 0 Å². The molecule has 1 aliphatic rings. The minimum atomic E-state index is 1.20. The first-order chi connectivity index (χ1) is 4.86. The smallest absolute Gasteiger partial charge is 0.0130 e. The maximum Gasteiger partial charge on any atom is -0.0130 e. The maximum atomic E-state index is 2.36. The lowest BCUT2D eigenvalue weighted by molar-refractivity contribution is 0.887. The van der Waals surface area contributed by atoms with Gasteiger partial charge in [0, 0.05) is 0 Å². The topological polar surface area (TPSA) is 0 Å². The molecule has 0 heteroatoms. The highest BCUT2D eigenvalue weighted by Gasteiger charge is 2.02. The first-order valence-corrected chi connectivity index (χ1v) is 4.25. The van der Waals surface area contributed by atoms with Gasteiger partial charge in [-0.25, -0.2) is 0 Å². The zero-order chi connectivity index (χ0) is 7.40. The zero-order valence-corrected chi connectivity index (χ0v) is 6.98. The second-order valence-corrected chi connectivity index (χ2v) is 2.89. The monoisotopic (exact) mass is 136 g/mol. The molecule has 0 aromatic heterocycles. The van der Waals surface area contributed by atoms with Crippen molar-refractivity contribution in [2.45, 2.75) is 39.5 Å². The van der Waals surface area contributed by atoms with E-state index in [9.17, 15) is 0 Å². The fraction of sp³-hybridized carbons (Fsp3) is 0.600. The number of allylic oxidation sites excluding steroid dienone is 4. The van der Waals surface area contributed by atoms with Crippen molar-refractivity contribution >= 4 is 0 Å². The summed E-state index contributed by atoms with van der Waals surface area (Å²) in [5.41, 5.74) is 3.16. The third-order valence-corrected chi connectivity index (χ3v) is 2.00. The van der Waals surface area contributed by atoms with Crippen LogP contribution >= 0.6 is 0 Å². The largest absolute Gasteiger partial charge is 0.0773 e. The zero-order valence-electron chi connectivity index (χ0n) is 6.98. The van der Waals surface area contributed by atoms with Gasteiger partial charge >= 0.3 is 0 Å². The molecular formula is C10H16. The van der Waals surface area contributed by atoms with Crippen LogP contribution in [0.4, 0.5) is 0 Å². The van der Waals surface area contributed by atoms with Gasteiger partial charge in [0.15, 0.2) is 0 Å². The van der Waals surface area contributed by atoms with Gasteiger partial charge in [-0.1, -0.05) is 43.6 Å². The highest BCUT2D eigenvalue weighted by Crippen LogP contribution is 2.22. The molecule has 0 aromatic rings. The Morgan fingerprint density at radius 2 is 2.20 bits per heavy atom. The molecule has 0 N–H and O–H groups in total. The van der Waals surface area contributed by atoms with Gasteiger partial charge in [-0.3, -0.25) is 0 Å². The predicted molar refractivity (Wildman–Crippen MR) is 46.0 cm³/mol. The Balaban J connectivity index is 2.41. The van der Waals surface area contributed by atoms with Crippen molar-refractivity contribution in [3.8, 4) is 0 Å². The van der Waals surface area contributed by atoms with Crippen LogP contribution in [-0.2, 0) is 0 Å². The van der Waals surface area contributed by atoms with E-state index in [0.29, 0.717) is 0 Å². The fourth-order valence-electron chi connectivity index (χ4n) is 1.38. The van der Waals surface area contributed by atoms with Crippen molar-refractivity contribution in [1.29, 1.82) is 0 Å². The summed E-state index contributed by atoms with van der Waals surface area (Å²) in [5.74, 6) is 0. The van der Waals surface area contributed by atoms with Crippen molar-refractivity contribution in [3.05, 3.63) is 23.3 Å². The quantitative estimate of drug-likeness (QED) is 0.557. The van der Waals surface area contributed by atoms with Crippen LogP contribution in [0.5, 0.6) is 0 Å². The SMILES string of the molecule is CCCC1=CC(CC)=CC1. The van der Waals surface area contributed by atoms with E-state index in [0.717, 1.165) is 0 Å². The Kier molecular flexibility index (Phi) is 2.73. The Labute approximate surface area is 63.6 Å². The van der Waals surface area contributed by atoms with Crippen molar-refractivity contribution < 1.29 is 0 Å². The van der Waals surface area contributed by atoms with E-state index in [1.165, 1.54) is 31.3 Å². The lowest BCUT2D eigenvalue weighted by Crippen LogP contribution is -1.74. The van der Waals surface area contributed by atoms with Crippen LogP contribution < -0.4 is 0 Å². The van der Waals surface area contributed by atoms with E-state index < -0.39 is 0 Å². The van der Waals surface area contributed by atoms with Crippen molar-refractivity contribution in [2.75, 3.05) is 0 Å². The second-order valence-electron chi connectivity index (χ2n) is 2.89. The lowest BCUT2D eigenvalue weighted by atomic mass is 10.1. The molecule has 1 aliphatic carbocycles. The number of hydrogen-bond donors (Lipinski definition) is 0. The maximum absolute atomic E-state index is 2.36. The molecule has 0 spiro atoms. The molecule has 0 unspecified atom stereocenters. The van der Waals surface area contributed by atoms with Gasteiger partial charge in [0.25, 0.3) is 0 Å². The normalized spacial score (nSPS) is 17.0. The second kappa shape index (κ2) is 3.60. The summed E-state index contributed by atoms with van der Waals surface area (Å²) in [6, 6.07) is 0. The van der Waals surface area contributed by atoms with Crippen LogP contribution in [0.1, 0.15) is 39.5 Å². The summed E-state index contributed by atoms with van der Waals surface area (Å²) in [5, 5.41) is 0. The van der Waals surface area contributed by atoms with Crippen LogP contribution in [-0.4, -0.2) is 0 Å². The van der Waals surface area contributed by atoms with Crippen molar-refractivity contribution in [1.82, 2.24) is 0 Å². The number of rotatable bonds is 3. The van der Waals surface area contributed by atoms with Gasteiger partial charge in [0.05, 0.1) is 0 Å². The summed E-state index contributed by atoms with van der Waals surface area (Å²) in [6.45, 7) is 4.46. The molecule has 56 valence electrons. The van der Waals surface area contributed by atoms with Crippen molar-refractivity contribution in [3.63, 3.8) is 0 Å². The van der Waals surface area contributed by atoms with Gasteiger partial charge in [-0.15, -0.1) is 0 Å². The molecule has 0 nitrogen and oxygen atoms in total. The summed E-state index contributed by atoms with van der Waals surface area (Å²) in [4.78, 5) is 0. The molecule has 10 heavy (non-hydrogen) atoms. The third-order valence-electron chi connectivity index (χ3n) is 2.00. The Bertz CT molecular complexity index is 161. The number of hydrogen-bond acceptors (Lipinski definition) is 0. The van der Waals surface area contributed by atoms with Gasteiger partial charge < -0.3 is 0 Å². The van der Waals surface area contributed by atoms with Crippen LogP contribution in [0.3, 0.4) is 0 Å². The minimum Gasteiger partial charge on any atom is -0.0773 e. The molecule has 0 bridgehead atoms. The van der Waals surface area contributed by atoms with E-state index in [1.54, 1.807) is 5.57 Å². The summed E-state index contributed by atoms with van der Waals surface area (Å²) in [7, 11) is 0. The van der Waals surface area contributed by atoms with E-state index in [4.69, 9.17) is 0 Å². The summed E-state index contributed by atoms with van der Waals surface area (Å²) < 4.78 is 0. The molecule has 0 saturated heterocycles. The first-order valence-electron chi connectivity index (χ1n) is 4.25. The highest BCUT2D eigenvalue weighted by molar-refractivity contribution is 5.32. The van der Waals surface area contributed by atoms with Gasteiger partial charge in [0.1, 0.15) is 0 Å². The summed E-state index contributed by atoms with van der Waals surface area (Å²) >= 11 is 0. The molecule has 0 saturated carbocycles. The van der Waals surface area contributed by atoms with Gasteiger partial charge in [-0.05, 0) is 19.3 Å². The van der Waals surface area contributed by atoms with Crippen LogP contribution in [0.15, 0.2) is 23.3 Å². The molecule has 1 rings (SSSR count). The van der Waals surface area contributed by atoms with Crippen LogP contribution in [0.2, 0.25) is 0 Å². The Morgan fingerprint density at radius 1 is 1.40 bits per heavy atom. The van der Waals surface area contributed by atoms with Crippen LogP contribution in [0, 0.1) is 0 Å². The van der Waals surface area contributed by atoms with Crippen molar-refractivity contribution in [2.24, 2.45) is 0 Å². The average molecular weight is 136 g/mol. The Morgan fingerprint density at radius 3 is 2.70 bits per heavy atom. The minimum absolute atomic E-state index is 1.20. The van der Waals surface area contributed by atoms with E-state index >= 15 is 0 Å². The lowest BCUT2D eigenvalue weighted by Gasteiger charge is -1.94. The predicted octanol–water partition coefficient (Wildman–Crippen LogP) is 3.45. The molecule has 0 aliphatic heterocycles. The highest BCUT2D eigenvalue weighted by atomic mass is 14.1. The average Bonchev–Trinajstić information content (AvgIpc) is 2.37. The molecule has 0 fully saturated rings.